The first-order valence-electron chi connectivity index (χ1n) is 5.53. The van der Waals surface area contributed by atoms with Gasteiger partial charge >= 0.3 is 5.97 Å². The van der Waals surface area contributed by atoms with Crippen molar-refractivity contribution in [2.24, 2.45) is 0 Å². The molecule has 0 saturated carbocycles. The van der Waals surface area contributed by atoms with Crippen LogP contribution in [0.4, 0.5) is 5.69 Å². The lowest BCUT2D eigenvalue weighted by atomic mass is 10.1. The highest BCUT2D eigenvalue weighted by Gasteiger charge is 2.49. The Balaban J connectivity index is 2.38. The number of carbonyl (C=O) groups excluding carboxylic acids is 2. The predicted molar refractivity (Wildman–Crippen MR) is 76.5 cm³/mol. The second-order valence-corrected chi connectivity index (χ2v) is 6.18. The fourth-order valence-electron chi connectivity index (χ4n) is 1.88. The van der Waals surface area contributed by atoms with E-state index in [9.17, 15) is 9.59 Å². The van der Waals surface area contributed by atoms with Gasteiger partial charge in [-0.05, 0) is 25.1 Å². The molecule has 1 aromatic carbocycles. The molecule has 2 rings (SSSR count). The zero-order valence-electron chi connectivity index (χ0n) is 9.95. The van der Waals surface area contributed by atoms with E-state index in [1.54, 1.807) is 25.1 Å². The summed E-state index contributed by atoms with van der Waals surface area (Å²) in [5.74, 6) is -1.05. The normalized spacial score (nSPS) is 16.4. The summed E-state index contributed by atoms with van der Waals surface area (Å²) in [6.07, 6.45) is 0. The summed E-state index contributed by atoms with van der Waals surface area (Å²) in [4.78, 5) is 24.9. The van der Waals surface area contributed by atoms with Gasteiger partial charge in [0.05, 0.1) is 12.3 Å². The molecule has 1 aliphatic rings. The second-order valence-electron chi connectivity index (χ2n) is 3.93. The van der Waals surface area contributed by atoms with Crippen LogP contribution >= 0.6 is 39.1 Å². The number of halogens is 3. The fraction of sp³-hybridized carbons (Fsp3) is 0.333. The molecule has 19 heavy (non-hydrogen) atoms. The predicted octanol–water partition coefficient (Wildman–Crippen LogP) is 2.99. The fourth-order valence-corrected chi connectivity index (χ4v) is 2.75. The molecule has 1 aromatic rings. The Morgan fingerprint density at radius 1 is 1.47 bits per heavy atom. The Bertz CT molecular complexity index is 548. The molecular formula is C12H10BrCl2NO3. The number of hydrogen-bond acceptors (Lipinski definition) is 3. The highest BCUT2D eigenvalue weighted by molar-refractivity contribution is 9.10. The highest BCUT2D eigenvalue weighted by Crippen LogP contribution is 2.48. The molecule has 7 heteroatoms. The molecule has 1 aliphatic heterocycles. The standard InChI is InChI=1S/C12H10BrCl2NO3/c1-2-19-10(17)6-16-9-4-3-7(13)5-8(9)12(14,15)11(16)18/h3-5H,2,6H2,1H3. The van der Waals surface area contributed by atoms with Crippen molar-refractivity contribution >= 4 is 56.7 Å². The summed E-state index contributed by atoms with van der Waals surface area (Å²) in [5.41, 5.74) is 0.978. The molecule has 102 valence electrons. The number of fused-ring (bicyclic) bond motifs is 1. The van der Waals surface area contributed by atoms with E-state index < -0.39 is 16.2 Å². The molecule has 4 nitrogen and oxygen atoms in total. The summed E-state index contributed by atoms with van der Waals surface area (Å²) in [7, 11) is 0. The highest BCUT2D eigenvalue weighted by atomic mass is 79.9. The van der Waals surface area contributed by atoms with E-state index >= 15 is 0 Å². The number of ether oxygens (including phenoxy) is 1. The molecule has 0 radical (unpaired) electrons. The number of benzene rings is 1. The van der Waals surface area contributed by atoms with Crippen LogP contribution in [0.5, 0.6) is 0 Å². The van der Waals surface area contributed by atoms with E-state index in [2.05, 4.69) is 15.9 Å². The van der Waals surface area contributed by atoms with Crippen molar-refractivity contribution in [2.45, 2.75) is 11.3 Å². The van der Waals surface area contributed by atoms with Gasteiger partial charge in [0.15, 0.2) is 0 Å². The van der Waals surface area contributed by atoms with Crippen LogP contribution in [-0.4, -0.2) is 25.0 Å². The topological polar surface area (TPSA) is 46.6 Å². The lowest BCUT2D eigenvalue weighted by Gasteiger charge is -2.17. The minimum atomic E-state index is -1.67. The van der Waals surface area contributed by atoms with Gasteiger partial charge in [0.1, 0.15) is 6.54 Å². The van der Waals surface area contributed by atoms with Gasteiger partial charge in [0.25, 0.3) is 5.91 Å². The first-order valence-corrected chi connectivity index (χ1v) is 7.08. The van der Waals surface area contributed by atoms with E-state index in [-0.39, 0.29) is 13.2 Å². The quantitative estimate of drug-likeness (QED) is 0.610. The molecule has 0 aliphatic carbocycles. The Hall–Kier alpha value is -0.780. The van der Waals surface area contributed by atoms with Crippen LogP contribution in [0, 0.1) is 0 Å². The molecule has 0 bridgehead atoms. The van der Waals surface area contributed by atoms with E-state index in [1.807, 2.05) is 0 Å². The summed E-state index contributed by atoms with van der Waals surface area (Å²) in [5, 5.41) is 0. The molecule has 0 N–H and O–H groups in total. The third-order valence-corrected chi connectivity index (χ3v) is 3.92. The number of alkyl halides is 2. The van der Waals surface area contributed by atoms with Crippen LogP contribution in [0.25, 0.3) is 0 Å². The third-order valence-electron chi connectivity index (χ3n) is 2.69. The maximum absolute atomic E-state index is 12.2. The Morgan fingerprint density at radius 2 is 2.16 bits per heavy atom. The Kier molecular flexibility index (Phi) is 4.08. The molecule has 1 amide bonds. The molecule has 0 fully saturated rings. The van der Waals surface area contributed by atoms with Crippen molar-refractivity contribution in [3.63, 3.8) is 0 Å². The van der Waals surface area contributed by atoms with Crippen molar-refractivity contribution in [3.8, 4) is 0 Å². The van der Waals surface area contributed by atoms with E-state index in [0.29, 0.717) is 11.3 Å². The average molecular weight is 367 g/mol. The first-order chi connectivity index (χ1) is 8.87. The van der Waals surface area contributed by atoms with Crippen molar-refractivity contribution < 1.29 is 14.3 Å². The summed E-state index contributed by atoms with van der Waals surface area (Å²) >= 11 is 15.4. The smallest absolute Gasteiger partial charge is 0.326 e. The molecule has 0 unspecified atom stereocenters. The lowest BCUT2D eigenvalue weighted by molar-refractivity contribution is -0.142. The second kappa shape index (κ2) is 5.31. The maximum Gasteiger partial charge on any atom is 0.326 e. The molecule has 0 atom stereocenters. The number of nitrogens with zero attached hydrogens (tertiary/aromatic N) is 1. The monoisotopic (exact) mass is 365 g/mol. The SMILES string of the molecule is CCOC(=O)CN1C(=O)C(Cl)(Cl)c2cc(Br)ccc21. The van der Waals surface area contributed by atoms with Crippen molar-refractivity contribution in [2.75, 3.05) is 18.1 Å². The average Bonchev–Trinajstić information content (AvgIpc) is 2.51. The van der Waals surface area contributed by atoms with Crippen molar-refractivity contribution in [3.05, 3.63) is 28.2 Å². The maximum atomic E-state index is 12.2. The van der Waals surface area contributed by atoms with Gasteiger partial charge in [-0.1, -0.05) is 39.1 Å². The minimum absolute atomic E-state index is 0.206. The zero-order chi connectivity index (χ0) is 14.2. The summed E-state index contributed by atoms with van der Waals surface area (Å²) < 4.78 is 3.91. The van der Waals surface area contributed by atoms with Crippen molar-refractivity contribution in [1.29, 1.82) is 0 Å². The van der Waals surface area contributed by atoms with Crippen molar-refractivity contribution in [1.82, 2.24) is 0 Å². The van der Waals surface area contributed by atoms with Gasteiger partial charge < -0.3 is 4.74 Å². The summed E-state index contributed by atoms with van der Waals surface area (Å²) in [6, 6.07) is 5.10. The number of hydrogen-bond donors (Lipinski definition) is 0. The third kappa shape index (κ3) is 2.59. The van der Waals surface area contributed by atoms with Crippen LogP contribution in [0.1, 0.15) is 12.5 Å². The molecule has 0 saturated heterocycles. The number of rotatable bonds is 3. The van der Waals surface area contributed by atoms with Crippen LogP contribution in [0.15, 0.2) is 22.7 Å². The number of amides is 1. The Labute approximate surface area is 128 Å². The number of esters is 1. The molecule has 0 aromatic heterocycles. The largest absolute Gasteiger partial charge is 0.465 e. The minimum Gasteiger partial charge on any atom is -0.465 e. The number of carbonyl (C=O) groups is 2. The van der Waals surface area contributed by atoms with Crippen LogP contribution in [-0.2, 0) is 18.7 Å². The van der Waals surface area contributed by atoms with Gasteiger partial charge in [-0.2, -0.15) is 0 Å². The molecule has 0 spiro atoms. The van der Waals surface area contributed by atoms with Gasteiger partial charge in [-0.15, -0.1) is 0 Å². The molecule has 1 heterocycles. The van der Waals surface area contributed by atoms with Gasteiger partial charge in [-0.3, -0.25) is 14.5 Å². The lowest BCUT2D eigenvalue weighted by Crippen LogP contribution is -2.37. The van der Waals surface area contributed by atoms with Crippen LogP contribution in [0.3, 0.4) is 0 Å². The van der Waals surface area contributed by atoms with Gasteiger partial charge in [-0.25, -0.2) is 0 Å². The first kappa shape index (κ1) is 14.6. The van der Waals surface area contributed by atoms with E-state index in [0.717, 1.165) is 4.47 Å². The summed E-state index contributed by atoms with van der Waals surface area (Å²) in [6.45, 7) is 1.74. The van der Waals surface area contributed by atoms with Crippen LogP contribution < -0.4 is 4.90 Å². The molecular weight excluding hydrogens is 357 g/mol. The zero-order valence-corrected chi connectivity index (χ0v) is 13.0. The number of anilines is 1. The van der Waals surface area contributed by atoms with E-state index in [1.165, 1.54) is 4.90 Å². The van der Waals surface area contributed by atoms with Gasteiger partial charge in [0.2, 0.25) is 4.33 Å². The van der Waals surface area contributed by atoms with Gasteiger partial charge in [0, 0.05) is 10.0 Å². The van der Waals surface area contributed by atoms with Crippen LogP contribution in [0.2, 0.25) is 0 Å². The van der Waals surface area contributed by atoms with E-state index in [4.69, 9.17) is 27.9 Å². The Morgan fingerprint density at radius 3 is 2.79 bits per heavy atom.